The van der Waals surface area contributed by atoms with Gasteiger partial charge in [-0.3, -0.25) is 0 Å². The molecule has 0 aliphatic heterocycles. The molecule has 0 amide bonds. The van der Waals surface area contributed by atoms with E-state index in [0.29, 0.717) is 15.0 Å². The van der Waals surface area contributed by atoms with Crippen molar-refractivity contribution in [3.8, 4) is 0 Å². The second kappa shape index (κ2) is 7.22. The summed E-state index contributed by atoms with van der Waals surface area (Å²) in [7, 11) is 1.71. The van der Waals surface area contributed by atoms with Gasteiger partial charge in [-0.15, -0.1) is 0 Å². The van der Waals surface area contributed by atoms with Gasteiger partial charge in [0, 0.05) is 0 Å². The molecule has 0 N–H and O–H groups in total. The Morgan fingerprint density at radius 2 is 2.38 bits per heavy atom. The van der Waals surface area contributed by atoms with Gasteiger partial charge >= 0.3 is 56.7 Å². The van der Waals surface area contributed by atoms with Gasteiger partial charge in [-0.25, -0.2) is 0 Å². The molecule has 0 spiro atoms. The molecule has 48 valence electrons. The van der Waals surface area contributed by atoms with Crippen molar-refractivity contribution in [2.45, 2.75) is 12.2 Å². The Morgan fingerprint density at radius 1 is 1.62 bits per heavy atom. The minimum absolute atomic E-state index is 0.707. The van der Waals surface area contributed by atoms with Crippen LogP contribution in [0.3, 0.4) is 0 Å². The zero-order valence-electron chi connectivity index (χ0n) is 5.39. The van der Waals surface area contributed by atoms with Crippen LogP contribution in [0.25, 0.3) is 0 Å². The van der Waals surface area contributed by atoms with Crippen LogP contribution in [0, 0.1) is 0 Å². The van der Waals surface area contributed by atoms with Crippen molar-refractivity contribution in [1.82, 2.24) is 0 Å². The van der Waals surface area contributed by atoms with Gasteiger partial charge in [-0.1, -0.05) is 0 Å². The molecule has 0 heterocycles. The second-order valence-electron chi connectivity index (χ2n) is 1.28. The third kappa shape index (κ3) is 6.22. The van der Waals surface area contributed by atoms with Crippen molar-refractivity contribution in [3.63, 3.8) is 0 Å². The molecule has 0 saturated heterocycles. The first-order valence-corrected chi connectivity index (χ1v) is 4.87. The van der Waals surface area contributed by atoms with Crippen LogP contribution in [0.4, 0.5) is 0 Å². The van der Waals surface area contributed by atoms with Crippen LogP contribution in [-0.4, -0.2) is 28.7 Å². The number of hydrogen-bond donors (Lipinski definition) is 0. The Morgan fingerprint density at radius 3 is 2.88 bits per heavy atom. The predicted molar refractivity (Wildman–Crippen MR) is 37.3 cm³/mol. The molecule has 0 aliphatic carbocycles. The molecule has 1 nitrogen and oxygen atoms in total. The first-order chi connectivity index (χ1) is 3.91. The zero-order valence-corrected chi connectivity index (χ0v) is 7.10. The van der Waals surface area contributed by atoms with Gasteiger partial charge in [0.05, 0.1) is 0 Å². The maximum absolute atomic E-state index is 4.81. The van der Waals surface area contributed by atoms with Gasteiger partial charge in [0.2, 0.25) is 0 Å². The molecular weight excluding hydrogens is 167 g/mol. The SMILES string of the molecule is CC[Se]/C=C\COC. The molecule has 0 aliphatic rings. The van der Waals surface area contributed by atoms with Crippen molar-refractivity contribution in [3.05, 3.63) is 11.1 Å². The molecule has 2 heteroatoms. The number of rotatable bonds is 4. The number of methoxy groups -OCH3 is 1. The first-order valence-electron chi connectivity index (χ1n) is 2.67. The van der Waals surface area contributed by atoms with E-state index >= 15 is 0 Å². The number of ether oxygens (including phenoxy) is 1. The van der Waals surface area contributed by atoms with Crippen LogP contribution in [0.1, 0.15) is 6.92 Å². The molecule has 0 aromatic heterocycles. The Bertz CT molecular complexity index is 53.5. The van der Waals surface area contributed by atoms with Crippen molar-refractivity contribution in [1.29, 1.82) is 0 Å². The van der Waals surface area contributed by atoms with Crippen molar-refractivity contribution < 1.29 is 4.74 Å². The topological polar surface area (TPSA) is 9.23 Å². The third-order valence-corrected chi connectivity index (χ3v) is 2.13. The van der Waals surface area contributed by atoms with Gasteiger partial charge in [-0.2, -0.15) is 0 Å². The average molecular weight is 179 g/mol. The van der Waals surface area contributed by atoms with E-state index < -0.39 is 0 Å². The van der Waals surface area contributed by atoms with Gasteiger partial charge in [0.25, 0.3) is 0 Å². The zero-order chi connectivity index (χ0) is 6.24. The van der Waals surface area contributed by atoms with E-state index in [0.717, 1.165) is 6.61 Å². The molecule has 0 fully saturated rings. The molecule has 8 heavy (non-hydrogen) atoms. The second-order valence-corrected chi connectivity index (χ2v) is 3.76. The summed E-state index contributed by atoms with van der Waals surface area (Å²) in [6, 6.07) is 0. The minimum atomic E-state index is 0.707. The fourth-order valence-corrected chi connectivity index (χ4v) is 1.15. The summed E-state index contributed by atoms with van der Waals surface area (Å²) in [6.07, 6.45) is 2.07. The van der Waals surface area contributed by atoms with Gasteiger partial charge in [-0.05, 0) is 0 Å². The van der Waals surface area contributed by atoms with Gasteiger partial charge < -0.3 is 0 Å². The van der Waals surface area contributed by atoms with Crippen LogP contribution in [0.15, 0.2) is 11.1 Å². The quantitative estimate of drug-likeness (QED) is 0.591. The molecule has 0 saturated carbocycles. The number of hydrogen-bond acceptors (Lipinski definition) is 1. The third-order valence-electron chi connectivity index (χ3n) is 0.622. The molecule has 0 atom stereocenters. The summed E-state index contributed by atoms with van der Waals surface area (Å²) < 4.78 is 4.81. The molecule has 0 radical (unpaired) electrons. The molecule has 0 aromatic rings. The fourth-order valence-electron chi connectivity index (χ4n) is 0.300. The fraction of sp³-hybridized carbons (Fsp3) is 0.667. The molecule has 0 rings (SSSR count). The molecule has 0 bridgehead atoms. The van der Waals surface area contributed by atoms with E-state index in [9.17, 15) is 0 Å². The molecule has 0 unspecified atom stereocenters. The summed E-state index contributed by atoms with van der Waals surface area (Å²) in [5.41, 5.74) is 0. The van der Waals surface area contributed by atoms with Crippen LogP contribution in [0.5, 0.6) is 0 Å². The van der Waals surface area contributed by atoms with E-state index in [2.05, 4.69) is 18.0 Å². The summed E-state index contributed by atoms with van der Waals surface area (Å²) >= 11 is 0.707. The monoisotopic (exact) mass is 180 g/mol. The summed E-state index contributed by atoms with van der Waals surface area (Å²) in [4.78, 5) is 2.20. The molecular formula is C6H12OSe. The van der Waals surface area contributed by atoms with Crippen LogP contribution in [-0.2, 0) is 4.74 Å². The normalized spacial score (nSPS) is 10.8. The van der Waals surface area contributed by atoms with Crippen molar-refractivity contribution in [2.75, 3.05) is 13.7 Å². The Labute approximate surface area is 57.3 Å². The van der Waals surface area contributed by atoms with E-state index in [-0.39, 0.29) is 0 Å². The van der Waals surface area contributed by atoms with Gasteiger partial charge in [0.1, 0.15) is 0 Å². The van der Waals surface area contributed by atoms with Crippen LogP contribution < -0.4 is 0 Å². The van der Waals surface area contributed by atoms with Crippen molar-refractivity contribution in [2.24, 2.45) is 0 Å². The Kier molecular flexibility index (Phi) is 7.42. The first kappa shape index (κ1) is 8.22. The summed E-state index contributed by atoms with van der Waals surface area (Å²) in [5.74, 6) is 0. The maximum atomic E-state index is 4.81. The summed E-state index contributed by atoms with van der Waals surface area (Å²) in [5, 5.41) is 1.28. The van der Waals surface area contributed by atoms with Crippen LogP contribution in [0.2, 0.25) is 5.32 Å². The molecule has 0 aromatic carbocycles. The van der Waals surface area contributed by atoms with Gasteiger partial charge in [0.15, 0.2) is 0 Å². The predicted octanol–water partition coefficient (Wildman–Crippen LogP) is 1.29. The Hall–Kier alpha value is 0.219. The van der Waals surface area contributed by atoms with E-state index in [1.54, 1.807) is 7.11 Å². The van der Waals surface area contributed by atoms with E-state index in [1.807, 2.05) is 0 Å². The summed E-state index contributed by atoms with van der Waals surface area (Å²) in [6.45, 7) is 2.96. The Balaban J connectivity index is 2.83. The van der Waals surface area contributed by atoms with Crippen LogP contribution >= 0.6 is 0 Å². The standard InChI is InChI=1S/C6H12OSe/c1-3-8-6-4-5-7-2/h4,6H,3,5H2,1-2H3/b6-4-. The van der Waals surface area contributed by atoms with E-state index in [4.69, 9.17) is 4.74 Å². The van der Waals surface area contributed by atoms with E-state index in [1.165, 1.54) is 5.32 Å². The van der Waals surface area contributed by atoms with Crippen molar-refractivity contribution >= 4 is 15.0 Å². The average Bonchev–Trinajstić information content (AvgIpc) is 1.81.